The van der Waals surface area contributed by atoms with Crippen molar-refractivity contribution < 1.29 is 19.1 Å². The molecule has 9 nitrogen and oxygen atoms in total. The quantitative estimate of drug-likeness (QED) is 0.757. The van der Waals surface area contributed by atoms with Crippen molar-refractivity contribution in [1.29, 1.82) is 0 Å². The van der Waals surface area contributed by atoms with Gasteiger partial charge in [0.1, 0.15) is 17.5 Å². The number of aryl methyl sites for hydroxylation is 1. The lowest BCUT2D eigenvalue weighted by molar-refractivity contribution is -0.135. The first kappa shape index (κ1) is 20.5. The van der Waals surface area contributed by atoms with Crippen LogP contribution in [0.5, 0.6) is 0 Å². The van der Waals surface area contributed by atoms with Crippen molar-refractivity contribution in [2.45, 2.75) is 58.7 Å². The van der Waals surface area contributed by atoms with Crippen LogP contribution in [0.4, 0.5) is 4.79 Å². The molecule has 1 saturated heterocycles. The molecule has 0 unspecified atom stereocenters. The van der Waals surface area contributed by atoms with Gasteiger partial charge in [0.25, 0.3) is 5.56 Å². The summed E-state index contributed by atoms with van der Waals surface area (Å²) in [5.74, 6) is -0.451. The third-order valence-electron chi connectivity index (χ3n) is 4.50. The fraction of sp³-hybridized carbons (Fsp3) is 0.450. The Bertz CT molecular complexity index is 1050. The molecule has 0 radical (unpaired) electrons. The van der Waals surface area contributed by atoms with Crippen LogP contribution >= 0.6 is 0 Å². The standard InChI is InChI=1S/C20H24N4O5/c1-11-22-14-6-5-12(10-21-19(28)29-20(2,3)4)9-13(14)18(27)24(11)15-7-8-16(25)23-17(15)26/h5-6,9,15H,7-8,10H2,1-4H3,(H,21,28)(H,23,25,26)/t15-/m0/s1. The summed E-state index contributed by atoms with van der Waals surface area (Å²) in [7, 11) is 0. The minimum absolute atomic E-state index is 0.167. The molecule has 2 N–H and O–H groups in total. The Kier molecular flexibility index (Phi) is 5.41. The van der Waals surface area contributed by atoms with E-state index in [4.69, 9.17) is 4.74 Å². The molecule has 1 aliphatic rings. The Morgan fingerprint density at radius 2 is 2.03 bits per heavy atom. The van der Waals surface area contributed by atoms with Gasteiger partial charge in [0.15, 0.2) is 0 Å². The number of alkyl carbamates (subject to hydrolysis) is 1. The largest absolute Gasteiger partial charge is 0.444 e. The van der Waals surface area contributed by atoms with Crippen LogP contribution in [0.1, 0.15) is 51.0 Å². The lowest BCUT2D eigenvalue weighted by atomic mass is 10.0. The maximum Gasteiger partial charge on any atom is 0.407 e. The van der Waals surface area contributed by atoms with Gasteiger partial charge in [0.2, 0.25) is 11.8 Å². The van der Waals surface area contributed by atoms with Gasteiger partial charge in [-0.1, -0.05) is 6.07 Å². The highest BCUT2D eigenvalue weighted by Crippen LogP contribution is 2.20. The number of nitrogens with zero attached hydrogens (tertiary/aromatic N) is 2. The number of carbonyl (C=O) groups is 3. The highest BCUT2D eigenvalue weighted by atomic mass is 16.6. The summed E-state index contributed by atoms with van der Waals surface area (Å²) in [5.41, 5.74) is 0.226. The number of ether oxygens (including phenoxy) is 1. The molecular formula is C20H24N4O5. The zero-order valence-electron chi connectivity index (χ0n) is 16.9. The van der Waals surface area contributed by atoms with Gasteiger partial charge in [-0.05, 0) is 51.8 Å². The normalized spacial score (nSPS) is 17.2. The van der Waals surface area contributed by atoms with E-state index in [1.807, 2.05) is 0 Å². The number of fused-ring (bicyclic) bond motifs is 1. The molecule has 2 heterocycles. The second kappa shape index (κ2) is 7.65. The second-order valence-electron chi connectivity index (χ2n) is 8.01. The molecule has 0 saturated carbocycles. The fourth-order valence-electron chi connectivity index (χ4n) is 3.25. The summed E-state index contributed by atoms with van der Waals surface area (Å²) < 4.78 is 6.53. The first-order valence-electron chi connectivity index (χ1n) is 9.37. The van der Waals surface area contributed by atoms with Gasteiger partial charge in [0.05, 0.1) is 10.9 Å². The van der Waals surface area contributed by atoms with Crippen molar-refractivity contribution in [3.8, 4) is 0 Å². The smallest absolute Gasteiger partial charge is 0.407 e. The van der Waals surface area contributed by atoms with Crippen LogP contribution in [0.2, 0.25) is 0 Å². The van der Waals surface area contributed by atoms with E-state index in [0.717, 1.165) is 0 Å². The van der Waals surface area contributed by atoms with E-state index in [1.165, 1.54) is 4.57 Å². The number of aromatic nitrogens is 2. The SMILES string of the molecule is Cc1nc2ccc(CNC(=O)OC(C)(C)C)cc2c(=O)n1[C@H]1CCC(=O)NC1=O. The van der Waals surface area contributed by atoms with Crippen molar-refractivity contribution in [1.82, 2.24) is 20.2 Å². The van der Waals surface area contributed by atoms with E-state index in [9.17, 15) is 19.2 Å². The molecule has 1 aromatic carbocycles. The van der Waals surface area contributed by atoms with E-state index in [-0.39, 0.29) is 30.9 Å². The molecule has 1 fully saturated rings. The Morgan fingerprint density at radius 1 is 1.31 bits per heavy atom. The molecule has 3 amide bonds. The molecule has 0 spiro atoms. The van der Waals surface area contributed by atoms with E-state index in [2.05, 4.69) is 15.6 Å². The van der Waals surface area contributed by atoms with Crippen molar-refractivity contribution in [2.24, 2.45) is 0 Å². The fourth-order valence-corrected chi connectivity index (χ4v) is 3.25. The van der Waals surface area contributed by atoms with Gasteiger partial charge in [-0.3, -0.25) is 24.3 Å². The number of imide groups is 1. The van der Waals surface area contributed by atoms with Crippen LogP contribution in [0.15, 0.2) is 23.0 Å². The Balaban J connectivity index is 1.90. The van der Waals surface area contributed by atoms with Gasteiger partial charge in [-0.25, -0.2) is 9.78 Å². The number of amides is 3. The maximum absolute atomic E-state index is 13.1. The minimum atomic E-state index is -0.777. The van der Waals surface area contributed by atoms with Gasteiger partial charge in [0, 0.05) is 13.0 Å². The van der Waals surface area contributed by atoms with Crippen molar-refractivity contribution in [2.75, 3.05) is 0 Å². The van der Waals surface area contributed by atoms with Crippen LogP contribution in [0.25, 0.3) is 10.9 Å². The molecule has 0 aliphatic carbocycles. The summed E-state index contributed by atoms with van der Waals surface area (Å²) in [6.07, 6.45) is -0.140. The van der Waals surface area contributed by atoms with Crippen molar-refractivity contribution >= 4 is 28.8 Å². The molecular weight excluding hydrogens is 376 g/mol. The summed E-state index contributed by atoms with van der Waals surface area (Å²) in [6, 6.07) is 4.33. The number of benzene rings is 1. The van der Waals surface area contributed by atoms with Crippen molar-refractivity contribution in [3.05, 3.63) is 39.9 Å². The highest BCUT2D eigenvalue weighted by Gasteiger charge is 2.30. The molecule has 1 atom stereocenters. The molecule has 0 bridgehead atoms. The van der Waals surface area contributed by atoms with Crippen LogP contribution in [-0.4, -0.2) is 33.1 Å². The van der Waals surface area contributed by atoms with E-state index in [1.54, 1.807) is 45.9 Å². The number of nitrogens with one attached hydrogen (secondary N) is 2. The minimum Gasteiger partial charge on any atom is -0.444 e. The van der Waals surface area contributed by atoms with E-state index in [0.29, 0.717) is 22.3 Å². The Labute approximate surface area is 167 Å². The lowest BCUT2D eigenvalue weighted by Gasteiger charge is -2.24. The molecule has 29 heavy (non-hydrogen) atoms. The highest BCUT2D eigenvalue weighted by molar-refractivity contribution is 5.99. The first-order valence-corrected chi connectivity index (χ1v) is 9.37. The summed E-state index contributed by atoms with van der Waals surface area (Å²) >= 11 is 0. The van der Waals surface area contributed by atoms with Gasteiger partial charge in [-0.15, -0.1) is 0 Å². The average molecular weight is 400 g/mol. The zero-order valence-corrected chi connectivity index (χ0v) is 16.9. The number of hydrogen-bond donors (Lipinski definition) is 2. The predicted molar refractivity (Wildman–Crippen MR) is 105 cm³/mol. The zero-order chi connectivity index (χ0) is 21.3. The third-order valence-corrected chi connectivity index (χ3v) is 4.50. The molecule has 3 rings (SSSR count). The molecule has 9 heteroatoms. The van der Waals surface area contributed by atoms with Crippen LogP contribution in [0.3, 0.4) is 0 Å². The number of rotatable bonds is 3. The second-order valence-corrected chi connectivity index (χ2v) is 8.01. The molecule has 1 aromatic heterocycles. The van der Waals surface area contributed by atoms with Crippen LogP contribution in [0, 0.1) is 6.92 Å². The Hall–Kier alpha value is -3.23. The lowest BCUT2D eigenvalue weighted by Crippen LogP contribution is -2.45. The van der Waals surface area contributed by atoms with Gasteiger partial charge >= 0.3 is 6.09 Å². The molecule has 2 aromatic rings. The van der Waals surface area contributed by atoms with Gasteiger partial charge < -0.3 is 10.1 Å². The van der Waals surface area contributed by atoms with E-state index < -0.39 is 23.6 Å². The predicted octanol–water partition coefficient (Wildman–Crippen LogP) is 1.71. The summed E-state index contributed by atoms with van der Waals surface area (Å²) in [4.78, 5) is 53.0. The summed E-state index contributed by atoms with van der Waals surface area (Å²) in [5, 5.41) is 5.25. The maximum atomic E-state index is 13.1. The number of piperidine rings is 1. The number of hydrogen-bond acceptors (Lipinski definition) is 6. The molecule has 154 valence electrons. The van der Waals surface area contributed by atoms with E-state index >= 15 is 0 Å². The number of carbonyl (C=O) groups excluding carboxylic acids is 3. The average Bonchev–Trinajstić information content (AvgIpc) is 2.60. The Morgan fingerprint density at radius 3 is 2.69 bits per heavy atom. The molecule has 1 aliphatic heterocycles. The van der Waals surface area contributed by atoms with Crippen LogP contribution < -0.4 is 16.2 Å². The monoisotopic (exact) mass is 400 g/mol. The third kappa shape index (κ3) is 4.61. The summed E-state index contributed by atoms with van der Waals surface area (Å²) in [6.45, 7) is 7.15. The van der Waals surface area contributed by atoms with Crippen LogP contribution in [-0.2, 0) is 20.9 Å². The topological polar surface area (TPSA) is 119 Å². The first-order chi connectivity index (χ1) is 13.5. The van der Waals surface area contributed by atoms with Crippen molar-refractivity contribution in [3.63, 3.8) is 0 Å². The van der Waals surface area contributed by atoms with Gasteiger partial charge in [-0.2, -0.15) is 0 Å².